The molecule has 8 nitrogen and oxygen atoms in total. The Morgan fingerprint density at radius 1 is 1.19 bits per heavy atom. The number of aliphatic hydroxyl groups is 1. The van der Waals surface area contributed by atoms with Gasteiger partial charge in [-0.1, -0.05) is 31.2 Å². The van der Waals surface area contributed by atoms with Gasteiger partial charge in [0.05, 0.1) is 28.8 Å². The molecule has 0 bridgehead atoms. The number of benzene rings is 2. The summed E-state index contributed by atoms with van der Waals surface area (Å²) < 4.78 is 34.8. The third-order valence-electron chi connectivity index (χ3n) is 5.53. The summed E-state index contributed by atoms with van der Waals surface area (Å²) in [5.41, 5.74) is 0.461. The highest BCUT2D eigenvalue weighted by Gasteiger charge is 2.34. The lowest BCUT2D eigenvalue weighted by atomic mass is 9.99. The van der Waals surface area contributed by atoms with Crippen molar-refractivity contribution in [2.75, 3.05) is 38.5 Å². The Kier molecular flexibility index (Phi) is 7.43. The minimum absolute atomic E-state index is 0.0534. The molecule has 9 heteroatoms. The van der Waals surface area contributed by atoms with E-state index in [1.54, 1.807) is 48.2 Å². The molecule has 2 aromatic carbocycles. The van der Waals surface area contributed by atoms with E-state index in [4.69, 9.17) is 4.74 Å². The lowest BCUT2D eigenvalue weighted by molar-refractivity contribution is 0.0366. The molecule has 1 aliphatic heterocycles. The lowest BCUT2D eigenvalue weighted by Crippen LogP contribution is -2.49. The van der Waals surface area contributed by atoms with Crippen molar-refractivity contribution >= 4 is 21.6 Å². The number of aliphatic hydroxyl groups excluding tert-OH is 1. The van der Waals surface area contributed by atoms with Gasteiger partial charge in [-0.3, -0.25) is 9.52 Å². The van der Waals surface area contributed by atoms with E-state index in [0.29, 0.717) is 13.1 Å². The molecule has 2 aromatic rings. The zero-order valence-corrected chi connectivity index (χ0v) is 19.7. The molecule has 1 amide bonds. The normalized spacial score (nSPS) is 20.2. The highest BCUT2D eigenvalue weighted by Crippen LogP contribution is 2.36. The van der Waals surface area contributed by atoms with Gasteiger partial charge in [-0.25, -0.2) is 8.42 Å². The van der Waals surface area contributed by atoms with E-state index in [1.807, 2.05) is 25.9 Å². The number of amides is 1. The second kappa shape index (κ2) is 9.89. The lowest BCUT2D eigenvalue weighted by Gasteiger charge is -2.38. The number of anilines is 1. The number of hydrogen-bond donors (Lipinski definition) is 2. The van der Waals surface area contributed by atoms with Crippen LogP contribution in [-0.2, 0) is 10.0 Å². The number of ether oxygens (including phenoxy) is 1. The maximum absolute atomic E-state index is 13.4. The fourth-order valence-electron chi connectivity index (χ4n) is 3.70. The van der Waals surface area contributed by atoms with Gasteiger partial charge in [0.2, 0.25) is 0 Å². The maximum atomic E-state index is 13.4. The number of nitrogens with one attached hydrogen (secondary N) is 1. The number of carbonyl (C=O) groups excluding carboxylic acids is 1. The number of para-hydroxylation sites is 1. The van der Waals surface area contributed by atoms with Gasteiger partial charge in [-0.2, -0.15) is 0 Å². The maximum Gasteiger partial charge on any atom is 0.262 e. The second-order valence-corrected chi connectivity index (χ2v) is 10.2. The van der Waals surface area contributed by atoms with Gasteiger partial charge in [0.25, 0.3) is 15.9 Å². The molecule has 1 aliphatic rings. The highest BCUT2D eigenvalue weighted by molar-refractivity contribution is 7.92. The molecule has 174 valence electrons. The van der Waals surface area contributed by atoms with Gasteiger partial charge < -0.3 is 19.6 Å². The topological polar surface area (TPSA) is 99.2 Å². The number of carbonyl (C=O) groups is 1. The molecule has 0 spiro atoms. The summed E-state index contributed by atoms with van der Waals surface area (Å²) in [7, 11) is -0.0200. The zero-order valence-electron chi connectivity index (χ0n) is 18.9. The molecule has 2 N–H and O–H groups in total. The second-order valence-electron chi connectivity index (χ2n) is 8.49. The molecule has 3 atom stereocenters. The van der Waals surface area contributed by atoms with E-state index < -0.39 is 10.0 Å². The Morgan fingerprint density at radius 3 is 2.50 bits per heavy atom. The Morgan fingerprint density at radius 2 is 1.88 bits per heavy atom. The van der Waals surface area contributed by atoms with Crippen LogP contribution in [0.25, 0.3) is 0 Å². The van der Waals surface area contributed by atoms with Crippen LogP contribution in [0.15, 0.2) is 53.4 Å². The van der Waals surface area contributed by atoms with Gasteiger partial charge in [0.1, 0.15) is 6.10 Å². The molecular formula is C23H31N3O5S. The number of fused-ring (bicyclic) bond motifs is 1. The number of likely N-dealkylation sites (N-methyl/N-ethyl adjacent to an activating group) is 1. The van der Waals surface area contributed by atoms with Crippen molar-refractivity contribution in [3.8, 4) is 5.75 Å². The predicted octanol–water partition coefficient (Wildman–Crippen LogP) is 2.27. The summed E-state index contributed by atoms with van der Waals surface area (Å²) in [4.78, 5) is 17.1. The van der Waals surface area contributed by atoms with Gasteiger partial charge in [0, 0.05) is 19.0 Å². The SMILES string of the molecule is C[C@H]1CN([C@@H](C)CO)C(=O)c2cccc(NS(=O)(=O)c3ccccc3)c2O[C@@H]1CN(C)C. The van der Waals surface area contributed by atoms with Crippen molar-refractivity contribution in [2.45, 2.75) is 30.9 Å². The van der Waals surface area contributed by atoms with E-state index in [0.717, 1.165) is 0 Å². The molecule has 0 aromatic heterocycles. The zero-order chi connectivity index (χ0) is 23.5. The Bertz CT molecular complexity index is 1040. The third kappa shape index (κ3) is 5.23. The van der Waals surface area contributed by atoms with E-state index >= 15 is 0 Å². The molecule has 0 saturated heterocycles. The van der Waals surface area contributed by atoms with Crippen molar-refractivity contribution in [2.24, 2.45) is 5.92 Å². The molecule has 0 radical (unpaired) electrons. The average Bonchev–Trinajstić information content (AvgIpc) is 2.76. The van der Waals surface area contributed by atoms with Crippen molar-refractivity contribution < 1.29 is 23.1 Å². The summed E-state index contributed by atoms with van der Waals surface area (Å²) in [5.74, 6) is -0.162. The first-order valence-corrected chi connectivity index (χ1v) is 12.1. The Labute approximate surface area is 189 Å². The minimum Gasteiger partial charge on any atom is -0.486 e. The number of sulfonamides is 1. The van der Waals surface area contributed by atoms with Crippen LogP contribution in [0.1, 0.15) is 24.2 Å². The van der Waals surface area contributed by atoms with Crippen LogP contribution < -0.4 is 9.46 Å². The van der Waals surface area contributed by atoms with Crippen molar-refractivity contribution in [3.05, 3.63) is 54.1 Å². The first kappa shape index (κ1) is 24.0. The molecule has 0 unspecified atom stereocenters. The molecule has 1 heterocycles. The minimum atomic E-state index is -3.88. The Balaban J connectivity index is 2.09. The fourth-order valence-corrected chi connectivity index (χ4v) is 4.79. The average molecular weight is 462 g/mol. The highest BCUT2D eigenvalue weighted by atomic mass is 32.2. The van der Waals surface area contributed by atoms with E-state index in [-0.39, 0.29) is 52.5 Å². The standard InChI is InChI=1S/C23H31N3O5S/c1-16-13-26(17(2)15-27)23(28)19-11-8-12-20(22(19)31-21(16)14-25(3)4)24-32(29,30)18-9-6-5-7-10-18/h5-12,16-17,21,24,27H,13-15H2,1-4H3/t16-,17-,21+/m0/s1. The Hall–Kier alpha value is -2.62. The number of rotatable bonds is 7. The van der Waals surface area contributed by atoms with Gasteiger partial charge in [-0.15, -0.1) is 0 Å². The first-order valence-electron chi connectivity index (χ1n) is 10.6. The summed E-state index contributed by atoms with van der Waals surface area (Å²) >= 11 is 0. The fraction of sp³-hybridized carbons (Fsp3) is 0.435. The van der Waals surface area contributed by atoms with Gasteiger partial charge >= 0.3 is 0 Å². The van der Waals surface area contributed by atoms with Gasteiger partial charge in [-0.05, 0) is 45.3 Å². The first-order chi connectivity index (χ1) is 15.1. The van der Waals surface area contributed by atoms with Crippen LogP contribution in [-0.4, -0.2) is 75.2 Å². The quantitative estimate of drug-likeness (QED) is 0.656. The summed E-state index contributed by atoms with van der Waals surface area (Å²) in [6.45, 7) is 4.59. The van der Waals surface area contributed by atoms with E-state index in [2.05, 4.69) is 4.72 Å². The van der Waals surface area contributed by atoms with Crippen LogP contribution in [0.2, 0.25) is 0 Å². The molecule has 3 rings (SSSR count). The van der Waals surface area contributed by atoms with Crippen LogP contribution in [0.5, 0.6) is 5.75 Å². The van der Waals surface area contributed by atoms with Crippen LogP contribution in [0, 0.1) is 5.92 Å². The largest absolute Gasteiger partial charge is 0.486 e. The molecule has 32 heavy (non-hydrogen) atoms. The van der Waals surface area contributed by atoms with Crippen molar-refractivity contribution in [3.63, 3.8) is 0 Å². The van der Waals surface area contributed by atoms with Gasteiger partial charge in [0.15, 0.2) is 5.75 Å². The van der Waals surface area contributed by atoms with Crippen molar-refractivity contribution in [1.82, 2.24) is 9.80 Å². The number of nitrogens with zero attached hydrogens (tertiary/aromatic N) is 2. The predicted molar refractivity (Wildman–Crippen MR) is 123 cm³/mol. The van der Waals surface area contributed by atoms with Crippen LogP contribution in [0.4, 0.5) is 5.69 Å². The number of hydrogen-bond acceptors (Lipinski definition) is 6. The van der Waals surface area contributed by atoms with E-state index in [9.17, 15) is 18.3 Å². The van der Waals surface area contributed by atoms with Crippen molar-refractivity contribution in [1.29, 1.82) is 0 Å². The van der Waals surface area contributed by atoms with Crippen LogP contribution in [0.3, 0.4) is 0 Å². The summed E-state index contributed by atoms with van der Waals surface area (Å²) in [6, 6.07) is 12.5. The monoisotopic (exact) mass is 461 g/mol. The van der Waals surface area contributed by atoms with Crippen LogP contribution >= 0.6 is 0 Å². The molecule has 0 fully saturated rings. The summed E-state index contributed by atoms with van der Waals surface area (Å²) in [6.07, 6.45) is -0.298. The van der Waals surface area contributed by atoms with E-state index in [1.165, 1.54) is 12.1 Å². The summed E-state index contributed by atoms with van der Waals surface area (Å²) in [5, 5.41) is 9.72. The molecule has 0 aliphatic carbocycles. The molecule has 0 saturated carbocycles. The third-order valence-corrected chi connectivity index (χ3v) is 6.92. The molecular weight excluding hydrogens is 430 g/mol. The smallest absolute Gasteiger partial charge is 0.262 e.